The molecule has 0 bridgehead atoms. The standard InChI is InChI=1S/C10H19NO2/c1-2-9(7-12)10(13)11-6-8-4-3-5-8/h8-9,12H,2-7H2,1H3,(H,11,13). The molecule has 1 atom stereocenters. The fourth-order valence-corrected chi connectivity index (χ4v) is 1.48. The highest BCUT2D eigenvalue weighted by atomic mass is 16.3. The van der Waals surface area contributed by atoms with Gasteiger partial charge in [-0.1, -0.05) is 13.3 Å². The van der Waals surface area contributed by atoms with Crippen molar-refractivity contribution in [2.75, 3.05) is 13.2 Å². The molecule has 0 saturated heterocycles. The summed E-state index contributed by atoms with van der Waals surface area (Å²) in [5.41, 5.74) is 0. The molecule has 1 aliphatic carbocycles. The summed E-state index contributed by atoms with van der Waals surface area (Å²) in [5.74, 6) is 0.497. The number of aliphatic hydroxyl groups is 1. The Hall–Kier alpha value is -0.570. The lowest BCUT2D eigenvalue weighted by molar-refractivity contribution is -0.126. The first-order valence-corrected chi connectivity index (χ1v) is 5.16. The molecule has 1 fully saturated rings. The van der Waals surface area contributed by atoms with Gasteiger partial charge in [0.2, 0.25) is 5.91 Å². The second kappa shape index (κ2) is 5.22. The van der Waals surface area contributed by atoms with Crippen molar-refractivity contribution < 1.29 is 9.90 Å². The van der Waals surface area contributed by atoms with Crippen LogP contribution in [0, 0.1) is 11.8 Å². The highest BCUT2D eigenvalue weighted by Gasteiger charge is 2.20. The minimum Gasteiger partial charge on any atom is -0.396 e. The highest BCUT2D eigenvalue weighted by molar-refractivity contribution is 5.78. The molecule has 1 saturated carbocycles. The van der Waals surface area contributed by atoms with Crippen molar-refractivity contribution in [3.05, 3.63) is 0 Å². The summed E-state index contributed by atoms with van der Waals surface area (Å²) >= 11 is 0. The van der Waals surface area contributed by atoms with Gasteiger partial charge < -0.3 is 10.4 Å². The van der Waals surface area contributed by atoms with E-state index in [-0.39, 0.29) is 18.4 Å². The summed E-state index contributed by atoms with van der Waals surface area (Å²) < 4.78 is 0. The monoisotopic (exact) mass is 185 g/mol. The zero-order valence-corrected chi connectivity index (χ0v) is 8.25. The molecule has 2 N–H and O–H groups in total. The largest absolute Gasteiger partial charge is 0.396 e. The van der Waals surface area contributed by atoms with Crippen molar-refractivity contribution in [3.63, 3.8) is 0 Å². The van der Waals surface area contributed by atoms with Crippen molar-refractivity contribution in [2.45, 2.75) is 32.6 Å². The summed E-state index contributed by atoms with van der Waals surface area (Å²) in [7, 11) is 0. The first-order valence-electron chi connectivity index (χ1n) is 5.16. The maximum absolute atomic E-state index is 11.4. The Morgan fingerprint density at radius 1 is 1.62 bits per heavy atom. The van der Waals surface area contributed by atoms with Gasteiger partial charge in [0.1, 0.15) is 0 Å². The average Bonchev–Trinajstić information content (AvgIpc) is 2.04. The van der Waals surface area contributed by atoms with E-state index in [0.717, 1.165) is 6.54 Å². The summed E-state index contributed by atoms with van der Waals surface area (Å²) in [6.45, 7) is 2.69. The lowest BCUT2D eigenvalue weighted by Crippen LogP contribution is -2.37. The van der Waals surface area contributed by atoms with Crippen molar-refractivity contribution >= 4 is 5.91 Å². The number of rotatable bonds is 5. The molecule has 1 amide bonds. The number of hydrogen-bond acceptors (Lipinski definition) is 2. The molecule has 0 heterocycles. The minimum atomic E-state index is -0.208. The minimum absolute atomic E-state index is 0.0110. The summed E-state index contributed by atoms with van der Waals surface area (Å²) in [5, 5.41) is 11.8. The fourth-order valence-electron chi connectivity index (χ4n) is 1.48. The van der Waals surface area contributed by atoms with Gasteiger partial charge in [-0.2, -0.15) is 0 Å². The van der Waals surface area contributed by atoms with Crippen LogP contribution in [0.25, 0.3) is 0 Å². The SMILES string of the molecule is CCC(CO)C(=O)NCC1CCC1. The third kappa shape index (κ3) is 2.99. The molecule has 3 nitrogen and oxygen atoms in total. The van der Waals surface area contributed by atoms with Gasteiger partial charge in [0.15, 0.2) is 0 Å². The van der Waals surface area contributed by atoms with Crippen LogP contribution in [0.2, 0.25) is 0 Å². The lowest BCUT2D eigenvalue weighted by atomic mass is 9.85. The van der Waals surface area contributed by atoms with E-state index in [1.807, 2.05) is 6.92 Å². The quantitative estimate of drug-likeness (QED) is 0.669. The van der Waals surface area contributed by atoms with Gasteiger partial charge in [-0.25, -0.2) is 0 Å². The molecule has 0 radical (unpaired) electrons. The summed E-state index contributed by atoms with van der Waals surface area (Å²) in [6, 6.07) is 0. The lowest BCUT2D eigenvalue weighted by Gasteiger charge is -2.26. The smallest absolute Gasteiger partial charge is 0.225 e. The Bertz CT molecular complexity index is 162. The zero-order chi connectivity index (χ0) is 9.68. The Balaban J connectivity index is 2.14. The van der Waals surface area contributed by atoms with Gasteiger partial charge >= 0.3 is 0 Å². The van der Waals surface area contributed by atoms with Crippen molar-refractivity contribution in [2.24, 2.45) is 11.8 Å². The normalized spacial score (nSPS) is 19.2. The van der Waals surface area contributed by atoms with Crippen LogP contribution in [0.4, 0.5) is 0 Å². The van der Waals surface area contributed by atoms with Crippen LogP contribution in [0.5, 0.6) is 0 Å². The van der Waals surface area contributed by atoms with Crippen LogP contribution in [-0.2, 0) is 4.79 Å². The van der Waals surface area contributed by atoms with E-state index >= 15 is 0 Å². The molecular formula is C10H19NO2. The number of carbonyl (C=O) groups is 1. The van der Waals surface area contributed by atoms with E-state index in [4.69, 9.17) is 5.11 Å². The van der Waals surface area contributed by atoms with Gasteiger partial charge in [-0.05, 0) is 25.2 Å². The van der Waals surface area contributed by atoms with E-state index in [1.54, 1.807) is 0 Å². The van der Waals surface area contributed by atoms with E-state index in [9.17, 15) is 4.79 Å². The molecule has 0 aromatic heterocycles. The molecule has 1 rings (SSSR count). The molecule has 0 aromatic rings. The number of hydrogen-bond donors (Lipinski definition) is 2. The van der Waals surface area contributed by atoms with Crippen molar-refractivity contribution in [3.8, 4) is 0 Å². The molecule has 0 aliphatic heterocycles. The van der Waals surface area contributed by atoms with Gasteiger partial charge in [0.25, 0.3) is 0 Å². The number of aliphatic hydroxyl groups excluding tert-OH is 1. The van der Waals surface area contributed by atoms with E-state index in [0.29, 0.717) is 12.3 Å². The van der Waals surface area contributed by atoms with Crippen LogP contribution in [0.15, 0.2) is 0 Å². The fraction of sp³-hybridized carbons (Fsp3) is 0.900. The van der Waals surface area contributed by atoms with Crippen molar-refractivity contribution in [1.82, 2.24) is 5.32 Å². The first-order chi connectivity index (χ1) is 6.27. The van der Waals surface area contributed by atoms with Crippen molar-refractivity contribution in [1.29, 1.82) is 0 Å². The predicted molar refractivity (Wildman–Crippen MR) is 51.2 cm³/mol. The van der Waals surface area contributed by atoms with Gasteiger partial charge in [0.05, 0.1) is 12.5 Å². The maximum Gasteiger partial charge on any atom is 0.225 e. The summed E-state index contributed by atoms with van der Waals surface area (Å²) in [6.07, 6.45) is 4.51. The zero-order valence-electron chi connectivity index (χ0n) is 8.25. The number of amides is 1. The van der Waals surface area contributed by atoms with Gasteiger partial charge in [-0.3, -0.25) is 4.79 Å². The summed E-state index contributed by atoms with van der Waals surface area (Å²) in [4.78, 5) is 11.4. The van der Waals surface area contributed by atoms with Crippen LogP contribution < -0.4 is 5.32 Å². The number of carbonyl (C=O) groups excluding carboxylic acids is 1. The topological polar surface area (TPSA) is 49.3 Å². The third-order valence-electron chi connectivity index (χ3n) is 2.87. The highest BCUT2D eigenvalue weighted by Crippen LogP contribution is 2.25. The molecule has 13 heavy (non-hydrogen) atoms. The maximum atomic E-state index is 11.4. The van der Waals surface area contributed by atoms with Crippen LogP contribution in [0.3, 0.4) is 0 Å². The Labute approximate surface area is 79.5 Å². The molecule has 76 valence electrons. The molecule has 1 aliphatic rings. The van der Waals surface area contributed by atoms with E-state index in [2.05, 4.69) is 5.32 Å². The Morgan fingerprint density at radius 2 is 2.31 bits per heavy atom. The molecule has 3 heteroatoms. The second-order valence-corrected chi connectivity index (χ2v) is 3.83. The Kier molecular flexibility index (Phi) is 4.22. The molecule has 0 aromatic carbocycles. The van der Waals surface area contributed by atoms with Crippen LogP contribution in [0.1, 0.15) is 32.6 Å². The van der Waals surface area contributed by atoms with E-state index < -0.39 is 0 Å². The third-order valence-corrected chi connectivity index (χ3v) is 2.87. The molecule has 0 spiro atoms. The molecule has 1 unspecified atom stereocenters. The number of nitrogens with one attached hydrogen (secondary N) is 1. The first kappa shape index (κ1) is 10.5. The van der Waals surface area contributed by atoms with Gasteiger partial charge in [-0.15, -0.1) is 0 Å². The van der Waals surface area contributed by atoms with Gasteiger partial charge in [0, 0.05) is 6.54 Å². The molecular weight excluding hydrogens is 166 g/mol. The van der Waals surface area contributed by atoms with E-state index in [1.165, 1.54) is 19.3 Å². The second-order valence-electron chi connectivity index (χ2n) is 3.83. The predicted octanol–water partition coefficient (Wildman–Crippen LogP) is 0.921. The van der Waals surface area contributed by atoms with Crippen LogP contribution >= 0.6 is 0 Å². The van der Waals surface area contributed by atoms with Crippen LogP contribution in [-0.4, -0.2) is 24.2 Å². The Morgan fingerprint density at radius 3 is 2.69 bits per heavy atom. The average molecular weight is 185 g/mol.